The summed E-state index contributed by atoms with van der Waals surface area (Å²) in [5, 5.41) is -0.416. The van der Waals surface area contributed by atoms with E-state index >= 15 is 0 Å². The van der Waals surface area contributed by atoms with Crippen molar-refractivity contribution in [3.63, 3.8) is 0 Å². The van der Waals surface area contributed by atoms with Gasteiger partial charge in [-0.2, -0.15) is 0 Å². The van der Waals surface area contributed by atoms with Gasteiger partial charge in [0.05, 0.1) is 5.38 Å². The van der Waals surface area contributed by atoms with Crippen LogP contribution in [0.15, 0.2) is 22.7 Å². The number of benzene rings is 1. The number of alkyl halides is 1. The zero-order chi connectivity index (χ0) is 9.84. The zero-order valence-corrected chi connectivity index (χ0v) is 9.60. The molecular formula is C10H10BrClO. The number of hydrogen-bond donors (Lipinski definition) is 0. The van der Waals surface area contributed by atoms with Crippen LogP contribution < -0.4 is 0 Å². The van der Waals surface area contributed by atoms with Gasteiger partial charge >= 0.3 is 0 Å². The van der Waals surface area contributed by atoms with Crippen LogP contribution in [-0.2, 0) is 11.2 Å². The van der Waals surface area contributed by atoms with E-state index in [1.807, 2.05) is 25.1 Å². The Hall–Kier alpha value is -0.340. The molecule has 0 amide bonds. The number of aldehydes is 1. The highest BCUT2D eigenvalue weighted by Gasteiger charge is 2.04. The third kappa shape index (κ3) is 3.12. The summed E-state index contributed by atoms with van der Waals surface area (Å²) in [6, 6.07) is 5.97. The molecule has 13 heavy (non-hydrogen) atoms. The highest BCUT2D eigenvalue weighted by molar-refractivity contribution is 9.10. The summed E-state index contributed by atoms with van der Waals surface area (Å²) >= 11 is 9.12. The number of aryl methyl sites for hydroxylation is 1. The highest BCUT2D eigenvalue weighted by Crippen LogP contribution is 2.18. The van der Waals surface area contributed by atoms with E-state index in [9.17, 15) is 4.79 Å². The van der Waals surface area contributed by atoms with E-state index in [0.29, 0.717) is 6.42 Å². The Balaban J connectivity index is 2.79. The summed E-state index contributed by atoms with van der Waals surface area (Å²) in [7, 11) is 0. The largest absolute Gasteiger partial charge is 0.302 e. The summed E-state index contributed by atoms with van der Waals surface area (Å²) in [5.74, 6) is 0. The van der Waals surface area contributed by atoms with Crippen molar-refractivity contribution < 1.29 is 4.79 Å². The molecule has 0 aromatic heterocycles. The first kappa shape index (κ1) is 10.7. The zero-order valence-electron chi connectivity index (χ0n) is 7.26. The fourth-order valence-electron chi connectivity index (χ4n) is 1.11. The van der Waals surface area contributed by atoms with Crippen LogP contribution in [0.3, 0.4) is 0 Å². The molecule has 0 spiro atoms. The molecular weight excluding hydrogens is 251 g/mol. The van der Waals surface area contributed by atoms with Gasteiger partial charge < -0.3 is 4.79 Å². The molecule has 1 unspecified atom stereocenters. The highest BCUT2D eigenvalue weighted by atomic mass is 79.9. The normalized spacial score (nSPS) is 12.5. The Labute approximate surface area is 91.2 Å². The Morgan fingerprint density at radius 3 is 2.85 bits per heavy atom. The predicted octanol–water partition coefficient (Wildman–Crippen LogP) is 3.11. The third-order valence-corrected chi connectivity index (χ3v) is 2.95. The molecule has 70 valence electrons. The second-order valence-corrected chi connectivity index (χ2v) is 4.35. The summed E-state index contributed by atoms with van der Waals surface area (Å²) in [6.45, 7) is 2.01. The second-order valence-electron chi connectivity index (χ2n) is 2.94. The molecule has 1 nitrogen and oxygen atoms in total. The fraction of sp³-hybridized carbons (Fsp3) is 0.300. The Morgan fingerprint density at radius 1 is 1.62 bits per heavy atom. The van der Waals surface area contributed by atoms with Crippen molar-refractivity contribution in [1.82, 2.24) is 0 Å². The molecule has 0 N–H and O–H groups in total. The van der Waals surface area contributed by atoms with Crippen LogP contribution in [0.2, 0.25) is 0 Å². The Bertz CT molecular complexity index is 312. The Morgan fingerprint density at radius 2 is 2.31 bits per heavy atom. The molecule has 0 bridgehead atoms. The molecule has 0 heterocycles. The topological polar surface area (TPSA) is 17.1 Å². The summed E-state index contributed by atoms with van der Waals surface area (Å²) in [4.78, 5) is 10.3. The van der Waals surface area contributed by atoms with Gasteiger partial charge in [0, 0.05) is 4.47 Å². The number of rotatable bonds is 3. The smallest absolute Gasteiger partial charge is 0.138 e. The third-order valence-electron chi connectivity index (χ3n) is 1.80. The van der Waals surface area contributed by atoms with Gasteiger partial charge in [-0.3, -0.25) is 0 Å². The van der Waals surface area contributed by atoms with Crippen molar-refractivity contribution in [2.24, 2.45) is 0 Å². The average Bonchev–Trinajstić information content (AvgIpc) is 2.11. The molecule has 0 aliphatic rings. The van der Waals surface area contributed by atoms with Gasteiger partial charge in [-0.05, 0) is 30.5 Å². The van der Waals surface area contributed by atoms with Crippen LogP contribution >= 0.6 is 27.5 Å². The van der Waals surface area contributed by atoms with Crippen LogP contribution in [0, 0.1) is 6.92 Å². The van der Waals surface area contributed by atoms with Crippen LogP contribution in [0.1, 0.15) is 11.1 Å². The van der Waals surface area contributed by atoms with Gasteiger partial charge in [-0.25, -0.2) is 0 Å². The van der Waals surface area contributed by atoms with Crippen LogP contribution in [0.4, 0.5) is 0 Å². The quantitative estimate of drug-likeness (QED) is 0.603. The van der Waals surface area contributed by atoms with Gasteiger partial charge in [0.1, 0.15) is 6.29 Å². The van der Waals surface area contributed by atoms with E-state index < -0.39 is 5.38 Å². The first-order valence-electron chi connectivity index (χ1n) is 3.98. The summed E-state index contributed by atoms with van der Waals surface area (Å²) in [6.07, 6.45) is 1.36. The van der Waals surface area contributed by atoms with Gasteiger partial charge in [0.25, 0.3) is 0 Å². The number of hydrogen-bond acceptors (Lipinski definition) is 1. The van der Waals surface area contributed by atoms with Crippen molar-refractivity contribution >= 4 is 33.8 Å². The van der Waals surface area contributed by atoms with E-state index in [2.05, 4.69) is 15.9 Å². The van der Waals surface area contributed by atoms with E-state index in [0.717, 1.165) is 21.9 Å². The second kappa shape index (κ2) is 4.77. The monoisotopic (exact) mass is 260 g/mol. The van der Waals surface area contributed by atoms with Crippen molar-refractivity contribution in [2.75, 3.05) is 0 Å². The van der Waals surface area contributed by atoms with Crippen molar-refractivity contribution in [3.8, 4) is 0 Å². The van der Waals surface area contributed by atoms with Crippen LogP contribution in [0.25, 0.3) is 0 Å². The van der Waals surface area contributed by atoms with E-state index in [1.54, 1.807) is 0 Å². The van der Waals surface area contributed by atoms with Gasteiger partial charge in [0.15, 0.2) is 0 Å². The molecule has 0 radical (unpaired) electrons. The van der Waals surface area contributed by atoms with Crippen LogP contribution in [0.5, 0.6) is 0 Å². The first-order chi connectivity index (χ1) is 6.13. The maximum absolute atomic E-state index is 10.3. The lowest BCUT2D eigenvalue weighted by Gasteiger charge is -2.04. The maximum atomic E-state index is 10.3. The minimum absolute atomic E-state index is 0.416. The van der Waals surface area contributed by atoms with Crippen LogP contribution in [-0.4, -0.2) is 11.7 Å². The molecule has 0 fully saturated rings. The standard InChI is InChI=1S/C10H10BrClO/c1-7-4-8(2-3-10(7)11)5-9(12)6-13/h2-4,6,9H,5H2,1H3. The molecule has 0 saturated heterocycles. The minimum Gasteiger partial charge on any atom is -0.302 e. The first-order valence-corrected chi connectivity index (χ1v) is 5.21. The molecule has 1 rings (SSSR count). The molecule has 0 saturated carbocycles. The van der Waals surface area contributed by atoms with E-state index in [1.165, 1.54) is 0 Å². The van der Waals surface area contributed by atoms with Crippen molar-refractivity contribution in [1.29, 1.82) is 0 Å². The van der Waals surface area contributed by atoms with Crippen molar-refractivity contribution in [3.05, 3.63) is 33.8 Å². The minimum atomic E-state index is -0.416. The van der Waals surface area contributed by atoms with Gasteiger partial charge in [-0.1, -0.05) is 28.1 Å². The lowest BCUT2D eigenvalue weighted by molar-refractivity contribution is -0.107. The molecule has 1 aromatic carbocycles. The SMILES string of the molecule is Cc1cc(CC(Cl)C=O)ccc1Br. The average molecular weight is 262 g/mol. The predicted molar refractivity (Wildman–Crippen MR) is 58.3 cm³/mol. The lowest BCUT2D eigenvalue weighted by atomic mass is 10.1. The van der Waals surface area contributed by atoms with E-state index in [4.69, 9.17) is 11.6 Å². The van der Waals surface area contributed by atoms with Crippen molar-refractivity contribution in [2.45, 2.75) is 18.7 Å². The molecule has 1 atom stereocenters. The summed E-state index contributed by atoms with van der Waals surface area (Å²) in [5.41, 5.74) is 2.25. The molecule has 0 aliphatic heterocycles. The number of carbonyl (C=O) groups is 1. The lowest BCUT2D eigenvalue weighted by Crippen LogP contribution is -2.04. The Kier molecular flexibility index (Phi) is 3.94. The fourth-order valence-corrected chi connectivity index (χ4v) is 1.53. The van der Waals surface area contributed by atoms with E-state index in [-0.39, 0.29) is 0 Å². The van der Waals surface area contributed by atoms with Gasteiger partial charge in [-0.15, -0.1) is 11.6 Å². The van der Waals surface area contributed by atoms with Gasteiger partial charge in [0.2, 0.25) is 0 Å². The molecule has 1 aromatic rings. The number of carbonyl (C=O) groups excluding carboxylic acids is 1. The molecule has 3 heteroatoms. The molecule has 0 aliphatic carbocycles. The number of halogens is 2. The summed E-state index contributed by atoms with van der Waals surface area (Å²) < 4.78 is 1.08. The maximum Gasteiger partial charge on any atom is 0.138 e.